The lowest BCUT2D eigenvalue weighted by Gasteiger charge is -2.33. The average Bonchev–Trinajstić information content (AvgIpc) is 2.39. The van der Waals surface area contributed by atoms with Crippen molar-refractivity contribution < 1.29 is 22.8 Å². The lowest BCUT2D eigenvalue weighted by molar-refractivity contribution is -0.164. The number of carbonyl (C=O) groups excluding carboxylic acids is 2. The fourth-order valence-corrected chi connectivity index (χ4v) is 2.12. The van der Waals surface area contributed by atoms with Crippen molar-refractivity contribution in [2.75, 3.05) is 13.1 Å². The highest BCUT2D eigenvalue weighted by Gasteiger charge is 2.44. The minimum atomic E-state index is -4.45. The van der Waals surface area contributed by atoms with E-state index in [1.807, 2.05) is 0 Å². The quantitative estimate of drug-likeness (QED) is 0.840. The fraction of sp³-hybridized carbons (Fsp3) is 0.818. The smallest absolute Gasteiger partial charge is 0.342 e. The van der Waals surface area contributed by atoms with Crippen LogP contribution >= 0.6 is 0 Å². The minimum Gasteiger partial charge on any atom is -0.342 e. The van der Waals surface area contributed by atoms with E-state index in [0.717, 1.165) is 4.90 Å². The zero-order valence-electron chi connectivity index (χ0n) is 10.4. The first-order chi connectivity index (χ1) is 8.24. The molecule has 1 aliphatic heterocycles. The number of hydrogen-bond acceptors (Lipinski definition) is 2. The van der Waals surface area contributed by atoms with Crippen LogP contribution in [0.1, 0.15) is 33.1 Å². The molecular weight excluding hydrogens is 249 g/mol. The Kier molecular flexibility index (Phi) is 4.24. The number of rotatable bonds is 3. The summed E-state index contributed by atoms with van der Waals surface area (Å²) in [6, 6.07) is 0. The molecule has 1 saturated heterocycles. The molecule has 0 saturated carbocycles. The maximum Gasteiger partial charge on any atom is 0.406 e. The Hall–Kier alpha value is -1.27. The Balaban J connectivity index is 3.00. The van der Waals surface area contributed by atoms with Crippen LogP contribution in [0.25, 0.3) is 0 Å². The van der Waals surface area contributed by atoms with Crippen molar-refractivity contribution in [1.82, 2.24) is 10.2 Å². The molecule has 4 nitrogen and oxygen atoms in total. The Morgan fingerprint density at radius 3 is 2.28 bits per heavy atom. The van der Waals surface area contributed by atoms with Gasteiger partial charge in [0, 0.05) is 13.0 Å². The van der Waals surface area contributed by atoms with Crippen molar-refractivity contribution in [2.45, 2.75) is 44.8 Å². The predicted octanol–water partition coefficient (Wildman–Crippen LogP) is 1.46. The SMILES string of the molecule is CCC1(CC)NC(=O)CCN(CC(F)(F)F)C1=O. The van der Waals surface area contributed by atoms with Gasteiger partial charge in [-0.05, 0) is 12.8 Å². The molecular formula is C11H17F3N2O2. The van der Waals surface area contributed by atoms with Gasteiger partial charge in [0.05, 0.1) is 0 Å². The van der Waals surface area contributed by atoms with Crippen LogP contribution in [0, 0.1) is 0 Å². The first-order valence-corrected chi connectivity index (χ1v) is 5.91. The number of halogens is 3. The zero-order valence-corrected chi connectivity index (χ0v) is 10.4. The maximum atomic E-state index is 12.4. The summed E-state index contributed by atoms with van der Waals surface area (Å²) in [6.45, 7) is 1.87. The third kappa shape index (κ3) is 3.14. The molecule has 0 unspecified atom stereocenters. The molecule has 0 aromatic rings. The van der Waals surface area contributed by atoms with Gasteiger partial charge in [-0.25, -0.2) is 0 Å². The third-order valence-electron chi connectivity index (χ3n) is 3.26. The van der Waals surface area contributed by atoms with Crippen molar-refractivity contribution in [2.24, 2.45) is 0 Å². The second-order valence-electron chi connectivity index (χ2n) is 4.43. The molecule has 1 N–H and O–H groups in total. The van der Waals surface area contributed by atoms with Gasteiger partial charge in [0.1, 0.15) is 12.1 Å². The highest BCUT2D eigenvalue weighted by molar-refractivity contribution is 5.93. The first-order valence-electron chi connectivity index (χ1n) is 5.91. The van der Waals surface area contributed by atoms with E-state index in [1.165, 1.54) is 0 Å². The molecule has 7 heteroatoms. The van der Waals surface area contributed by atoms with E-state index in [2.05, 4.69) is 5.32 Å². The summed E-state index contributed by atoms with van der Waals surface area (Å²) >= 11 is 0. The van der Waals surface area contributed by atoms with Gasteiger partial charge in [-0.2, -0.15) is 13.2 Å². The van der Waals surface area contributed by atoms with Gasteiger partial charge in [-0.1, -0.05) is 13.8 Å². The lowest BCUT2D eigenvalue weighted by Crippen LogP contribution is -2.57. The monoisotopic (exact) mass is 266 g/mol. The standard InChI is InChI=1S/C11H17F3N2O2/c1-3-10(4-2)9(18)16(7-11(12,13)14)6-5-8(17)15-10/h3-7H2,1-2H3,(H,15,17). The number of amides is 2. The molecule has 0 aliphatic carbocycles. The summed E-state index contributed by atoms with van der Waals surface area (Å²) in [5, 5.41) is 2.56. The van der Waals surface area contributed by atoms with Crippen LogP contribution in [0.15, 0.2) is 0 Å². The van der Waals surface area contributed by atoms with E-state index < -0.39 is 24.2 Å². The number of alkyl halides is 3. The molecule has 104 valence electrons. The van der Waals surface area contributed by atoms with Gasteiger partial charge in [-0.3, -0.25) is 9.59 Å². The largest absolute Gasteiger partial charge is 0.406 e. The van der Waals surface area contributed by atoms with Gasteiger partial charge in [0.15, 0.2) is 0 Å². The van der Waals surface area contributed by atoms with E-state index in [1.54, 1.807) is 13.8 Å². The number of nitrogens with zero attached hydrogens (tertiary/aromatic N) is 1. The van der Waals surface area contributed by atoms with E-state index in [0.29, 0.717) is 0 Å². The van der Waals surface area contributed by atoms with Gasteiger partial charge >= 0.3 is 6.18 Å². The Labute approximate surface area is 104 Å². The third-order valence-corrected chi connectivity index (χ3v) is 3.26. The molecule has 1 heterocycles. The van der Waals surface area contributed by atoms with Crippen LogP contribution < -0.4 is 5.32 Å². The maximum absolute atomic E-state index is 12.4. The summed E-state index contributed by atoms with van der Waals surface area (Å²) in [5.74, 6) is -1.02. The van der Waals surface area contributed by atoms with Crippen molar-refractivity contribution in [3.05, 3.63) is 0 Å². The van der Waals surface area contributed by atoms with E-state index in [4.69, 9.17) is 0 Å². The van der Waals surface area contributed by atoms with Crippen LogP contribution in [0.3, 0.4) is 0 Å². The second kappa shape index (κ2) is 5.16. The topological polar surface area (TPSA) is 49.4 Å². The Bertz CT molecular complexity index is 338. The summed E-state index contributed by atoms with van der Waals surface area (Å²) in [7, 11) is 0. The molecule has 0 bridgehead atoms. The lowest BCUT2D eigenvalue weighted by atomic mass is 9.91. The molecule has 0 atom stereocenters. The van der Waals surface area contributed by atoms with E-state index in [-0.39, 0.29) is 31.7 Å². The van der Waals surface area contributed by atoms with E-state index >= 15 is 0 Å². The minimum absolute atomic E-state index is 0.0937. The molecule has 18 heavy (non-hydrogen) atoms. The molecule has 0 spiro atoms. The average molecular weight is 266 g/mol. The van der Waals surface area contributed by atoms with Crippen molar-refractivity contribution in [3.8, 4) is 0 Å². The van der Waals surface area contributed by atoms with E-state index in [9.17, 15) is 22.8 Å². The first kappa shape index (κ1) is 14.8. The predicted molar refractivity (Wildman–Crippen MR) is 58.7 cm³/mol. The van der Waals surface area contributed by atoms with Gasteiger partial charge in [0.25, 0.3) is 0 Å². The normalized spacial score (nSPS) is 20.6. The molecule has 1 fully saturated rings. The summed E-state index contributed by atoms with van der Waals surface area (Å²) in [5.41, 5.74) is -1.20. The van der Waals surface area contributed by atoms with Gasteiger partial charge < -0.3 is 10.2 Å². The van der Waals surface area contributed by atoms with Crippen molar-refractivity contribution >= 4 is 11.8 Å². The van der Waals surface area contributed by atoms with Crippen LogP contribution in [0.2, 0.25) is 0 Å². The second-order valence-corrected chi connectivity index (χ2v) is 4.43. The highest BCUT2D eigenvalue weighted by atomic mass is 19.4. The molecule has 0 aromatic heterocycles. The molecule has 2 amide bonds. The molecule has 0 aromatic carbocycles. The highest BCUT2D eigenvalue weighted by Crippen LogP contribution is 2.25. The number of nitrogens with one attached hydrogen (secondary N) is 1. The Morgan fingerprint density at radius 2 is 1.83 bits per heavy atom. The molecule has 1 aliphatic rings. The van der Waals surface area contributed by atoms with Crippen LogP contribution in [0.5, 0.6) is 0 Å². The van der Waals surface area contributed by atoms with Crippen LogP contribution in [-0.2, 0) is 9.59 Å². The van der Waals surface area contributed by atoms with Crippen LogP contribution in [-0.4, -0.2) is 41.5 Å². The summed E-state index contributed by atoms with van der Waals surface area (Å²) in [4.78, 5) is 24.4. The molecule has 1 rings (SSSR count). The van der Waals surface area contributed by atoms with Crippen molar-refractivity contribution in [3.63, 3.8) is 0 Å². The molecule has 0 radical (unpaired) electrons. The Morgan fingerprint density at radius 1 is 1.28 bits per heavy atom. The number of hydrogen-bond donors (Lipinski definition) is 1. The number of carbonyl (C=O) groups is 2. The van der Waals surface area contributed by atoms with Gasteiger partial charge in [-0.15, -0.1) is 0 Å². The van der Waals surface area contributed by atoms with Gasteiger partial charge in [0.2, 0.25) is 11.8 Å². The summed E-state index contributed by atoms with van der Waals surface area (Å²) < 4.78 is 37.2. The van der Waals surface area contributed by atoms with Crippen molar-refractivity contribution in [1.29, 1.82) is 0 Å². The summed E-state index contributed by atoms with van der Waals surface area (Å²) in [6.07, 6.45) is -3.98. The van der Waals surface area contributed by atoms with Crippen LogP contribution in [0.4, 0.5) is 13.2 Å². The fourth-order valence-electron chi connectivity index (χ4n) is 2.12. The zero-order chi connectivity index (χ0) is 14.0.